The Morgan fingerprint density at radius 2 is 1.04 bits per heavy atom. The summed E-state index contributed by atoms with van der Waals surface area (Å²) in [4.78, 5) is 0.632. The highest BCUT2D eigenvalue weighted by Crippen LogP contribution is 2.60. The molecule has 2 unspecified atom stereocenters. The van der Waals surface area contributed by atoms with E-state index in [1.807, 2.05) is 6.92 Å². The van der Waals surface area contributed by atoms with E-state index in [0.29, 0.717) is 17.7 Å². The maximum absolute atomic E-state index is 5.49. The molecule has 0 saturated heterocycles. The van der Waals surface area contributed by atoms with Crippen LogP contribution in [0.5, 0.6) is 0 Å². The number of hydrogen-bond acceptors (Lipinski definition) is 9. The van der Waals surface area contributed by atoms with E-state index in [-0.39, 0.29) is 38.2 Å². The second kappa shape index (κ2) is 5.32. The first kappa shape index (κ1) is 14.7. The van der Waals surface area contributed by atoms with Gasteiger partial charge in [0.15, 0.2) is 0 Å². The summed E-state index contributed by atoms with van der Waals surface area (Å²) in [5.41, 5.74) is 0. The zero-order valence-electron chi connectivity index (χ0n) is 11.6. The summed E-state index contributed by atoms with van der Waals surface area (Å²) in [5, 5.41) is 20.3. The van der Waals surface area contributed by atoms with Gasteiger partial charge in [-0.25, -0.2) is 15.3 Å². The second-order valence-electron chi connectivity index (χ2n) is 5.29. The lowest BCUT2D eigenvalue weighted by Gasteiger charge is -2.44. The highest BCUT2D eigenvalue weighted by Gasteiger charge is 2.57. The minimum absolute atomic E-state index is 0.100. The molecule has 0 aromatic carbocycles. The number of H-pyrrole nitrogens is 3. The molecule has 120 valence electrons. The number of nitrogens with zero attached hydrogens (tertiary/aromatic N) is 3. The zero-order valence-corrected chi connectivity index (χ0v) is 14.1. The van der Waals surface area contributed by atoms with E-state index in [9.17, 15) is 0 Å². The normalized spacial score (nSPS) is 27.0. The molecular weight excluding hydrogens is 360 g/mol. The van der Waals surface area contributed by atoms with Crippen molar-refractivity contribution in [2.45, 2.75) is 24.7 Å². The van der Waals surface area contributed by atoms with Crippen molar-refractivity contribution < 1.29 is 13.3 Å². The summed E-state index contributed by atoms with van der Waals surface area (Å²) in [5.74, 6) is 1.11. The van der Waals surface area contributed by atoms with Gasteiger partial charge in [0.05, 0.1) is 17.8 Å². The highest BCUT2D eigenvalue weighted by atomic mass is 32.1. The Labute approximate surface area is 143 Å². The number of rotatable bonds is 3. The SMILES string of the molecule is CC1C(c2n[nH]c(=S)o2)C(c2n[nH]c(=S)o2)C1c1n[nH]c(=S)o1. The van der Waals surface area contributed by atoms with Gasteiger partial charge in [-0.2, -0.15) is 0 Å². The molecule has 0 aliphatic heterocycles. The van der Waals surface area contributed by atoms with E-state index in [1.54, 1.807) is 0 Å². The van der Waals surface area contributed by atoms with Crippen molar-refractivity contribution in [2.24, 2.45) is 5.92 Å². The lowest BCUT2D eigenvalue weighted by Crippen LogP contribution is -2.40. The first-order valence-electron chi connectivity index (χ1n) is 6.71. The third kappa shape index (κ3) is 2.33. The third-order valence-corrected chi connectivity index (χ3v) is 4.65. The first-order valence-corrected chi connectivity index (χ1v) is 7.93. The lowest BCUT2D eigenvalue weighted by molar-refractivity contribution is 0.102. The number of aromatic amines is 3. The molecule has 1 saturated carbocycles. The van der Waals surface area contributed by atoms with Crippen LogP contribution in [-0.2, 0) is 0 Å². The van der Waals surface area contributed by atoms with Gasteiger partial charge >= 0.3 is 0 Å². The van der Waals surface area contributed by atoms with Crippen LogP contribution in [0.25, 0.3) is 0 Å². The van der Waals surface area contributed by atoms with Gasteiger partial charge in [0.1, 0.15) is 0 Å². The van der Waals surface area contributed by atoms with Gasteiger partial charge in [0.2, 0.25) is 17.7 Å². The molecule has 23 heavy (non-hydrogen) atoms. The first-order chi connectivity index (χ1) is 11.0. The van der Waals surface area contributed by atoms with Gasteiger partial charge in [-0.1, -0.05) is 6.92 Å². The minimum atomic E-state index is -0.208. The van der Waals surface area contributed by atoms with Crippen LogP contribution >= 0.6 is 36.7 Å². The topological polar surface area (TPSA) is 125 Å². The van der Waals surface area contributed by atoms with E-state index < -0.39 is 0 Å². The highest BCUT2D eigenvalue weighted by molar-refractivity contribution is 7.71. The maximum atomic E-state index is 5.49. The molecule has 3 N–H and O–H groups in total. The molecule has 1 aliphatic rings. The fraction of sp³-hybridized carbons (Fsp3) is 0.455. The molecule has 1 fully saturated rings. The van der Waals surface area contributed by atoms with Gasteiger partial charge in [-0.3, -0.25) is 0 Å². The molecule has 3 aromatic heterocycles. The van der Waals surface area contributed by atoms with Gasteiger partial charge < -0.3 is 13.3 Å². The number of aromatic nitrogens is 6. The van der Waals surface area contributed by atoms with E-state index >= 15 is 0 Å². The van der Waals surface area contributed by atoms with Gasteiger partial charge in [0.25, 0.3) is 14.5 Å². The smallest absolute Gasteiger partial charge is 0.284 e. The van der Waals surface area contributed by atoms with E-state index in [4.69, 9.17) is 49.9 Å². The fourth-order valence-corrected chi connectivity index (χ4v) is 3.56. The zero-order chi connectivity index (χ0) is 16.1. The van der Waals surface area contributed by atoms with Crippen LogP contribution in [0, 0.1) is 20.4 Å². The molecule has 2 atom stereocenters. The summed E-state index contributed by atoms with van der Waals surface area (Å²) in [6.07, 6.45) is 0. The summed E-state index contributed by atoms with van der Waals surface area (Å²) < 4.78 is 16.4. The van der Waals surface area contributed by atoms with Gasteiger partial charge in [-0.05, 0) is 42.6 Å². The quantitative estimate of drug-likeness (QED) is 0.596. The fourth-order valence-electron chi connectivity index (χ4n) is 3.17. The summed E-state index contributed by atoms with van der Waals surface area (Å²) in [6.45, 7) is 2.04. The molecule has 3 heterocycles. The second-order valence-corrected chi connectivity index (χ2v) is 6.40. The Balaban J connectivity index is 1.79. The number of hydrogen-bond donors (Lipinski definition) is 3. The average Bonchev–Trinajstić information content (AvgIpc) is 3.20. The Morgan fingerprint density at radius 3 is 1.35 bits per heavy atom. The van der Waals surface area contributed by atoms with Gasteiger partial charge in [0, 0.05) is 0 Å². The molecular formula is C11H10N6O3S3. The molecule has 4 rings (SSSR count). The molecule has 0 bridgehead atoms. The summed E-state index contributed by atoms with van der Waals surface area (Å²) >= 11 is 14.9. The Kier molecular flexibility index (Phi) is 3.39. The Bertz CT molecular complexity index is 952. The number of nitrogens with one attached hydrogen (secondary N) is 3. The van der Waals surface area contributed by atoms with Crippen molar-refractivity contribution >= 4 is 36.7 Å². The van der Waals surface area contributed by atoms with Crippen LogP contribution in [0.1, 0.15) is 42.3 Å². The van der Waals surface area contributed by atoms with Crippen molar-refractivity contribution in [3.63, 3.8) is 0 Å². The average molecular weight is 370 g/mol. The van der Waals surface area contributed by atoms with Crippen molar-refractivity contribution in [3.8, 4) is 0 Å². The van der Waals surface area contributed by atoms with Crippen LogP contribution in [0.2, 0.25) is 0 Å². The Hall–Kier alpha value is -1.92. The lowest BCUT2D eigenvalue weighted by atomic mass is 9.57. The van der Waals surface area contributed by atoms with E-state index in [1.165, 1.54) is 0 Å². The molecule has 3 aromatic rings. The van der Waals surface area contributed by atoms with Crippen LogP contribution in [0.3, 0.4) is 0 Å². The van der Waals surface area contributed by atoms with Crippen molar-refractivity contribution in [1.82, 2.24) is 30.6 Å². The Morgan fingerprint density at radius 1 is 0.696 bits per heavy atom. The molecule has 9 nitrogen and oxygen atoms in total. The van der Waals surface area contributed by atoms with Gasteiger partial charge in [-0.15, -0.1) is 15.3 Å². The summed E-state index contributed by atoms with van der Waals surface area (Å²) in [6, 6.07) is 0. The van der Waals surface area contributed by atoms with Crippen molar-refractivity contribution in [1.29, 1.82) is 0 Å². The largest absolute Gasteiger partial charge is 0.414 e. The standard InChI is InChI=1S/C11H10N6O3S3/c1-2-3(6-12-15-9(21)18-6)5(8-14-17-11(23)20-8)4(2)7-13-16-10(22)19-7/h2-5H,1H3,(H,15,21)(H,16,22)(H,17,23). The molecule has 1 aliphatic carbocycles. The van der Waals surface area contributed by atoms with Crippen molar-refractivity contribution in [2.75, 3.05) is 0 Å². The summed E-state index contributed by atoms with van der Waals surface area (Å²) in [7, 11) is 0. The van der Waals surface area contributed by atoms with Crippen LogP contribution in [-0.4, -0.2) is 30.6 Å². The molecule has 0 amide bonds. The predicted octanol–water partition coefficient (Wildman–Crippen LogP) is 3.12. The molecule has 0 spiro atoms. The molecule has 12 heteroatoms. The maximum Gasteiger partial charge on any atom is 0.284 e. The van der Waals surface area contributed by atoms with Crippen LogP contribution < -0.4 is 0 Å². The minimum Gasteiger partial charge on any atom is -0.414 e. The van der Waals surface area contributed by atoms with E-state index in [0.717, 1.165) is 0 Å². The monoisotopic (exact) mass is 370 g/mol. The van der Waals surface area contributed by atoms with Crippen LogP contribution in [0.4, 0.5) is 0 Å². The predicted molar refractivity (Wildman–Crippen MR) is 82.5 cm³/mol. The van der Waals surface area contributed by atoms with Crippen molar-refractivity contribution in [3.05, 3.63) is 32.2 Å². The molecule has 0 radical (unpaired) electrons. The van der Waals surface area contributed by atoms with Crippen LogP contribution in [0.15, 0.2) is 13.3 Å². The van der Waals surface area contributed by atoms with E-state index in [2.05, 4.69) is 30.6 Å². The third-order valence-electron chi connectivity index (χ3n) is 4.13.